The highest BCUT2D eigenvalue weighted by atomic mass is 19.1. The minimum Gasteiger partial charge on any atom is -0.388 e. The van der Waals surface area contributed by atoms with E-state index in [9.17, 15) is 19.1 Å². The van der Waals surface area contributed by atoms with E-state index in [0.717, 1.165) is 12.1 Å². The molecule has 2 aromatic carbocycles. The van der Waals surface area contributed by atoms with Crippen LogP contribution in [0.4, 0.5) is 4.39 Å². The van der Waals surface area contributed by atoms with Gasteiger partial charge in [0.25, 0.3) is 5.91 Å². The van der Waals surface area contributed by atoms with Crippen LogP contribution in [0.3, 0.4) is 0 Å². The smallest absolute Gasteiger partial charge is 0.269 e. The third kappa shape index (κ3) is 4.39. The molecule has 22 heavy (non-hydrogen) atoms. The summed E-state index contributed by atoms with van der Waals surface area (Å²) in [6.07, 6.45) is -1.14. The standard InChI is InChI=1S/C16H15FN2O3/c17-13-8-6-12(7-9-13)16(22)19-18-15(21)10-14(20)11-4-2-1-3-5-11/h1-9,14,20H,10H2,(H,18,21)(H,19,22). The molecule has 0 radical (unpaired) electrons. The summed E-state index contributed by atoms with van der Waals surface area (Å²) in [6.45, 7) is 0. The van der Waals surface area contributed by atoms with E-state index in [1.54, 1.807) is 30.3 Å². The summed E-state index contributed by atoms with van der Waals surface area (Å²) in [7, 11) is 0. The normalized spacial score (nSPS) is 11.5. The quantitative estimate of drug-likeness (QED) is 0.752. The highest BCUT2D eigenvalue weighted by Crippen LogP contribution is 2.15. The van der Waals surface area contributed by atoms with Gasteiger partial charge in [0.05, 0.1) is 12.5 Å². The molecule has 2 amide bonds. The molecule has 0 heterocycles. The molecule has 0 aliphatic heterocycles. The topological polar surface area (TPSA) is 78.4 Å². The van der Waals surface area contributed by atoms with Crippen molar-refractivity contribution in [3.63, 3.8) is 0 Å². The van der Waals surface area contributed by atoms with Crippen LogP contribution in [0.2, 0.25) is 0 Å². The van der Waals surface area contributed by atoms with Gasteiger partial charge in [-0.2, -0.15) is 0 Å². The van der Waals surface area contributed by atoms with Gasteiger partial charge in [-0.1, -0.05) is 30.3 Å². The van der Waals surface area contributed by atoms with Crippen molar-refractivity contribution in [1.82, 2.24) is 10.9 Å². The predicted octanol–water partition coefficient (Wildman–Crippen LogP) is 1.71. The number of hydrazine groups is 1. The molecular weight excluding hydrogens is 287 g/mol. The maximum absolute atomic E-state index is 12.7. The summed E-state index contributed by atoms with van der Waals surface area (Å²) in [6, 6.07) is 13.6. The first kappa shape index (κ1) is 15.7. The van der Waals surface area contributed by atoms with Crippen LogP contribution in [0, 0.1) is 5.82 Å². The highest BCUT2D eigenvalue weighted by Gasteiger charge is 2.13. The van der Waals surface area contributed by atoms with Crippen molar-refractivity contribution in [2.75, 3.05) is 0 Å². The molecule has 2 aromatic rings. The first-order chi connectivity index (χ1) is 10.6. The molecule has 0 spiro atoms. The van der Waals surface area contributed by atoms with Gasteiger partial charge >= 0.3 is 0 Å². The van der Waals surface area contributed by atoms with Crippen LogP contribution in [-0.4, -0.2) is 16.9 Å². The minimum absolute atomic E-state index is 0.187. The fraction of sp³-hybridized carbons (Fsp3) is 0.125. The third-order valence-electron chi connectivity index (χ3n) is 2.98. The Morgan fingerprint density at radius 2 is 1.64 bits per heavy atom. The largest absolute Gasteiger partial charge is 0.388 e. The predicted molar refractivity (Wildman–Crippen MR) is 78.0 cm³/mol. The average molecular weight is 302 g/mol. The Morgan fingerprint density at radius 3 is 2.27 bits per heavy atom. The van der Waals surface area contributed by atoms with Crippen molar-refractivity contribution < 1.29 is 19.1 Å². The number of aliphatic hydroxyl groups is 1. The molecule has 0 saturated carbocycles. The van der Waals surface area contributed by atoms with Crippen molar-refractivity contribution >= 4 is 11.8 Å². The van der Waals surface area contributed by atoms with Gasteiger partial charge in [-0.05, 0) is 29.8 Å². The lowest BCUT2D eigenvalue weighted by atomic mass is 10.1. The Balaban J connectivity index is 1.82. The monoisotopic (exact) mass is 302 g/mol. The SMILES string of the molecule is O=C(CC(O)c1ccccc1)NNC(=O)c1ccc(F)cc1. The molecule has 2 rings (SSSR count). The summed E-state index contributed by atoms with van der Waals surface area (Å²) in [5, 5.41) is 9.89. The molecule has 1 unspecified atom stereocenters. The van der Waals surface area contributed by atoms with E-state index in [1.165, 1.54) is 12.1 Å². The molecular formula is C16H15FN2O3. The molecule has 0 aliphatic rings. The van der Waals surface area contributed by atoms with Gasteiger partial charge in [-0.3, -0.25) is 20.4 Å². The first-order valence-corrected chi connectivity index (χ1v) is 6.64. The number of benzene rings is 2. The molecule has 0 aromatic heterocycles. The van der Waals surface area contributed by atoms with E-state index in [1.807, 2.05) is 0 Å². The molecule has 0 saturated heterocycles. The molecule has 3 N–H and O–H groups in total. The lowest BCUT2D eigenvalue weighted by Gasteiger charge is -2.12. The van der Waals surface area contributed by atoms with E-state index in [4.69, 9.17) is 0 Å². The Morgan fingerprint density at radius 1 is 1.00 bits per heavy atom. The maximum atomic E-state index is 12.7. The van der Waals surface area contributed by atoms with Gasteiger partial charge in [0.2, 0.25) is 5.91 Å². The van der Waals surface area contributed by atoms with Gasteiger partial charge in [-0.15, -0.1) is 0 Å². The number of rotatable bonds is 4. The van der Waals surface area contributed by atoms with E-state index in [2.05, 4.69) is 10.9 Å². The first-order valence-electron chi connectivity index (χ1n) is 6.64. The summed E-state index contributed by atoms with van der Waals surface area (Å²) in [5.41, 5.74) is 5.23. The van der Waals surface area contributed by atoms with E-state index in [0.29, 0.717) is 5.56 Å². The van der Waals surface area contributed by atoms with Gasteiger partial charge in [0, 0.05) is 5.56 Å². The number of amides is 2. The number of halogens is 1. The number of aliphatic hydroxyl groups excluding tert-OH is 1. The molecule has 1 atom stereocenters. The van der Waals surface area contributed by atoms with Crippen LogP contribution >= 0.6 is 0 Å². The second-order valence-corrected chi connectivity index (χ2v) is 4.64. The van der Waals surface area contributed by atoms with Crippen molar-refractivity contribution in [3.05, 3.63) is 71.5 Å². The molecule has 6 heteroatoms. The van der Waals surface area contributed by atoms with Crippen LogP contribution < -0.4 is 10.9 Å². The Kier molecular flexibility index (Phi) is 5.21. The third-order valence-corrected chi connectivity index (χ3v) is 2.98. The second kappa shape index (κ2) is 7.33. The molecule has 0 aliphatic carbocycles. The van der Waals surface area contributed by atoms with Gasteiger partial charge in [-0.25, -0.2) is 4.39 Å². The summed E-state index contributed by atoms with van der Waals surface area (Å²) >= 11 is 0. The number of carbonyl (C=O) groups excluding carboxylic acids is 2. The lowest BCUT2D eigenvalue weighted by molar-refractivity contribution is -0.123. The van der Waals surface area contributed by atoms with E-state index < -0.39 is 23.7 Å². The van der Waals surface area contributed by atoms with Crippen molar-refractivity contribution in [3.8, 4) is 0 Å². The van der Waals surface area contributed by atoms with Crippen LogP contribution in [0.15, 0.2) is 54.6 Å². The van der Waals surface area contributed by atoms with Gasteiger partial charge in [0.1, 0.15) is 5.82 Å². The molecule has 114 valence electrons. The lowest BCUT2D eigenvalue weighted by Crippen LogP contribution is -2.42. The Bertz CT molecular complexity index is 644. The molecule has 0 fully saturated rings. The molecule has 5 nitrogen and oxygen atoms in total. The van der Waals surface area contributed by atoms with E-state index in [-0.39, 0.29) is 12.0 Å². The maximum Gasteiger partial charge on any atom is 0.269 e. The summed E-state index contributed by atoms with van der Waals surface area (Å²) < 4.78 is 12.7. The number of carbonyl (C=O) groups is 2. The molecule has 0 bridgehead atoms. The number of hydrogen-bond donors (Lipinski definition) is 3. The fourth-order valence-electron chi connectivity index (χ4n) is 1.82. The number of hydrogen-bond acceptors (Lipinski definition) is 3. The van der Waals surface area contributed by atoms with Crippen LogP contribution in [0.5, 0.6) is 0 Å². The fourth-order valence-corrected chi connectivity index (χ4v) is 1.82. The van der Waals surface area contributed by atoms with Crippen molar-refractivity contribution in [2.45, 2.75) is 12.5 Å². The van der Waals surface area contributed by atoms with Crippen molar-refractivity contribution in [2.24, 2.45) is 0 Å². The Hall–Kier alpha value is -2.73. The minimum atomic E-state index is -0.955. The highest BCUT2D eigenvalue weighted by molar-refractivity contribution is 5.95. The van der Waals surface area contributed by atoms with Crippen molar-refractivity contribution in [1.29, 1.82) is 0 Å². The summed E-state index contributed by atoms with van der Waals surface area (Å²) in [5.74, 6) is -1.55. The van der Waals surface area contributed by atoms with Crippen LogP contribution in [0.1, 0.15) is 28.4 Å². The zero-order chi connectivity index (χ0) is 15.9. The van der Waals surface area contributed by atoms with Gasteiger partial charge in [0.15, 0.2) is 0 Å². The number of nitrogens with one attached hydrogen (secondary N) is 2. The zero-order valence-electron chi connectivity index (χ0n) is 11.6. The summed E-state index contributed by atoms with van der Waals surface area (Å²) in [4.78, 5) is 23.4. The zero-order valence-corrected chi connectivity index (χ0v) is 11.6. The van der Waals surface area contributed by atoms with E-state index >= 15 is 0 Å². The average Bonchev–Trinajstić information content (AvgIpc) is 2.54. The van der Waals surface area contributed by atoms with Gasteiger partial charge < -0.3 is 5.11 Å². The van der Waals surface area contributed by atoms with Crippen LogP contribution in [-0.2, 0) is 4.79 Å². The second-order valence-electron chi connectivity index (χ2n) is 4.64. The Labute approximate surface area is 126 Å². The van der Waals surface area contributed by atoms with Crippen LogP contribution in [0.25, 0.3) is 0 Å².